The van der Waals surface area contributed by atoms with E-state index in [1.165, 1.54) is 4.57 Å². The van der Waals surface area contributed by atoms with Gasteiger partial charge in [0.1, 0.15) is 0 Å². The maximum absolute atomic E-state index is 12.1. The zero-order valence-corrected chi connectivity index (χ0v) is 15.0. The normalized spacial score (nSPS) is 10.7. The molecule has 0 atom stereocenters. The maximum Gasteiger partial charge on any atom is 0.419 e. The highest BCUT2D eigenvalue weighted by atomic mass is 16.4. The smallest absolute Gasteiger partial charge is 0.408 e. The van der Waals surface area contributed by atoms with E-state index < -0.39 is 5.76 Å². The van der Waals surface area contributed by atoms with Gasteiger partial charge in [-0.1, -0.05) is 24.3 Å². The fourth-order valence-electron chi connectivity index (χ4n) is 2.88. The van der Waals surface area contributed by atoms with Gasteiger partial charge in [0, 0.05) is 32.1 Å². The maximum atomic E-state index is 12.1. The number of aromatic nitrogens is 1. The molecule has 1 heterocycles. The molecule has 0 aliphatic rings. The van der Waals surface area contributed by atoms with Crippen molar-refractivity contribution >= 4 is 22.9 Å². The number of rotatable bonds is 7. The van der Waals surface area contributed by atoms with Crippen molar-refractivity contribution < 1.29 is 14.0 Å². The van der Waals surface area contributed by atoms with E-state index in [1.54, 1.807) is 31.3 Å². The molecule has 0 radical (unpaired) electrons. The molecule has 0 aliphatic heterocycles. The van der Waals surface area contributed by atoms with E-state index in [9.17, 15) is 14.4 Å². The second-order valence-corrected chi connectivity index (χ2v) is 6.15. The van der Waals surface area contributed by atoms with Crippen LogP contribution >= 0.6 is 0 Å². The Labute approximate surface area is 156 Å². The highest BCUT2D eigenvalue weighted by Gasteiger charge is 2.09. The molecule has 1 aromatic heterocycles. The Morgan fingerprint density at radius 2 is 1.93 bits per heavy atom. The quantitative estimate of drug-likeness (QED) is 0.668. The molecule has 2 N–H and O–H groups in total. The minimum absolute atomic E-state index is 0.110. The lowest BCUT2D eigenvalue weighted by Gasteiger charge is -2.07. The lowest BCUT2D eigenvalue weighted by molar-refractivity contribution is -0.121. The van der Waals surface area contributed by atoms with Gasteiger partial charge >= 0.3 is 5.76 Å². The number of fused-ring (bicyclic) bond motifs is 1. The third kappa shape index (κ3) is 4.44. The lowest BCUT2D eigenvalue weighted by Crippen LogP contribution is -2.24. The monoisotopic (exact) mass is 367 g/mol. The van der Waals surface area contributed by atoms with Crippen LogP contribution in [0.4, 0.5) is 0 Å². The van der Waals surface area contributed by atoms with Gasteiger partial charge in [-0.3, -0.25) is 14.2 Å². The predicted molar refractivity (Wildman–Crippen MR) is 101 cm³/mol. The Bertz CT molecular complexity index is 1020. The minimum Gasteiger partial charge on any atom is -0.408 e. The summed E-state index contributed by atoms with van der Waals surface area (Å²) >= 11 is 0. The van der Waals surface area contributed by atoms with Gasteiger partial charge < -0.3 is 15.1 Å². The van der Waals surface area contributed by atoms with Crippen LogP contribution in [-0.4, -0.2) is 23.4 Å². The zero-order chi connectivity index (χ0) is 19.2. The third-order valence-electron chi connectivity index (χ3n) is 4.27. The minimum atomic E-state index is -0.414. The molecule has 140 valence electrons. The summed E-state index contributed by atoms with van der Waals surface area (Å²) in [5.74, 6) is -0.690. The number of hydrogen-bond donors (Lipinski definition) is 2. The zero-order valence-electron chi connectivity index (χ0n) is 15.0. The third-order valence-corrected chi connectivity index (χ3v) is 4.27. The fraction of sp³-hybridized carbons (Fsp3) is 0.250. The molecule has 0 saturated heterocycles. The fourth-order valence-corrected chi connectivity index (χ4v) is 2.88. The number of para-hydroxylation sites is 2. The molecule has 0 saturated carbocycles. The molecule has 0 spiro atoms. The SMILES string of the molecule is CNC(=O)c1cccc(CNC(=O)CCCn2c(=O)oc3ccccc32)c1. The van der Waals surface area contributed by atoms with E-state index in [0.717, 1.165) is 11.1 Å². The number of aryl methyl sites for hydroxylation is 1. The van der Waals surface area contributed by atoms with Crippen molar-refractivity contribution in [3.8, 4) is 0 Å². The van der Waals surface area contributed by atoms with E-state index in [1.807, 2.05) is 24.3 Å². The predicted octanol–water partition coefficient (Wildman–Crippen LogP) is 2.05. The Hall–Kier alpha value is -3.35. The van der Waals surface area contributed by atoms with Gasteiger partial charge in [-0.05, 0) is 36.2 Å². The van der Waals surface area contributed by atoms with Crippen molar-refractivity contribution in [2.24, 2.45) is 0 Å². The van der Waals surface area contributed by atoms with Gasteiger partial charge in [-0.2, -0.15) is 0 Å². The topological polar surface area (TPSA) is 93.3 Å². The molecule has 3 aromatic rings. The molecular formula is C20H21N3O4. The van der Waals surface area contributed by atoms with Gasteiger partial charge in [-0.15, -0.1) is 0 Å². The van der Waals surface area contributed by atoms with Crippen LogP contribution in [0.3, 0.4) is 0 Å². The Balaban J connectivity index is 1.51. The van der Waals surface area contributed by atoms with Crippen molar-refractivity contribution in [1.82, 2.24) is 15.2 Å². The molecular weight excluding hydrogens is 346 g/mol. The second kappa shape index (κ2) is 8.35. The average molecular weight is 367 g/mol. The van der Waals surface area contributed by atoms with E-state index in [2.05, 4.69) is 10.6 Å². The molecule has 0 aliphatic carbocycles. The highest BCUT2D eigenvalue weighted by molar-refractivity contribution is 5.94. The van der Waals surface area contributed by atoms with E-state index in [0.29, 0.717) is 37.1 Å². The highest BCUT2D eigenvalue weighted by Crippen LogP contribution is 2.12. The Morgan fingerprint density at radius 1 is 1.11 bits per heavy atom. The van der Waals surface area contributed by atoms with E-state index in [-0.39, 0.29) is 11.8 Å². The van der Waals surface area contributed by atoms with Crippen LogP contribution in [0.2, 0.25) is 0 Å². The Morgan fingerprint density at radius 3 is 2.74 bits per heavy atom. The number of benzene rings is 2. The molecule has 2 amide bonds. The number of hydrogen-bond acceptors (Lipinski definition) is 4. The van der Waals surface area contributed by atoms with E-state index in [4.69, 9.17) is 4.42 Å². The first-order chi connectivity index (χ1) is 13.1. The van der Waals surface area contributed by atoms with Crippen molar-refractivity contribution in [3.63, 3.8) is 0 Å². The number of nitrogens with one attached hydrogen (secondary N) is 2. The summed E-state index contributed by atoms with van der Waals surface area (Å²) in [5.41, 5.74) is 2.67. The molecule has 3 rings (SSSR count). The van der Waals surface area contributed by atoms with Crippen LogP contribution in [0.25, 0.3) is 11.1 Å². The van der Waals surface area contributed by atoms with Crippen LogP contribution in [0.1, 0.15) is 28.8 Å². The summed E-state index contributed by atoms with van der Waals surface area (Å²) in [6.07, 6.45) is 0.814. The van der Waals surface area contributed by atoms with Crippen molar-refractivity contribution in [2.45, 2.75) is 25.9 Å². The molecule has 0 bridgehead atoms. The van der Waals surface area contributed by atoms with Gasteiger partial charge in [0.15, 0.2) is 5.58 Å². The number of oxazole rings is 1. The van der Waals surface area contributed by atoms with Crippen LogP contribution in [-0.2, 0) is 17.9 Å². The molecule has 0 unspecified atom stereocenters. The lowest BCUT2D eigenvalue weighted by atomic mass is 10.1. The van der Waals surface area contributed by atoms with Crippen LogP contribution in [0.5, 0.6) is 0 Å². The van der Waals surface area contributed by atoms with Crippen LogP contribution in [0, 0.1) is 0 Å². The van der Waals surface area contributed by atoms with Crippen LogP contribution in [0.15, 0.2) is 57.7 Å². The molecule has 7 nitrogen and oxygen atoms in total. The molecule has 27 heavy (non-hydrogen) atoms. The Kier molecular flexibility index (Phi) is 5.71. The van der Waals surface area contributed by atoms with Crippen molar-refractivity contribution in [2.75, 3.05) is 7.05 Å². The van der Waals surface area contributed by atoms with Gasteiger partial charge in [0.05, 0.1) is 5.52 Å². The van der Waals surface area contributed by atoms with Crippen molar-refractivity contribution in [3.05, 3.63) is 70.2 Å². The summed E-state index contributed by atoms with van der Waals surface area (Å²) < 4.78 is 6.71. The summed E-state index contributed by atoms with van der Waals surface area (Å²) in [6, 6.07) is 14.3. The molecule has 7 heteroatoms. The summed E-state index contributed by atoms with van der Waals surface area (Å²) in [6.45, 7) is 0.758. The number of carbonyl (C=O) groups is 2. The van der Waals surface area contributed by atoms with Gasteiger partial charge in [-0.25, -0.2) is 4.79 Å². The first kappa shape index (κ1) is 18.4. The summed E-state index contributed by atoms with van der Waals surface area (Å²) in [4.78, 5) is 35.6. The molecule has 0 fully saturated rings. The number of nitrogens with zero attached hydrogens (tertiary/aromatic N) is 1. The average Bonchev–Trinajstić information content (AvgIpc) is 3.01. The second-order valence-electron chi connectivity index (χ2n) is 6.15. The summed E-state index contributed by atoms with van der Waals surface area (Å²) in [5, 5.41) is 5.40. The number of amides is 2. The first-order valence-corrected chi connectivity index (χ1v) is 8.74. The van der Waals surface area contributed by atoms with Crippen LogP contribution < -0.4 is 16.4 Å². The van der Waals surface area contributed by atoms with E-state index >= 15 is 0 Å². The van der Waals surface area contributed by atoms with Gasteiger partial charge in [0.25, 0.3) is 5.91 Å². The first-order valence-electron chi connectivity index (χ1n) is 8.74. The van der Waals surface area contributed by atoms with Crippen molar-refractivity contribution in [1.29, 1.82) is 0 Å². The largest absolute Gasteiger partial charge is 0.419 e. The molecule has 2 aromatic carbocycles. The summed E-state index contributed by atoms with van der Waals surface area (Å²) in [7, 11) is 1.57. The van der Waals surface area contributed by atoms with Gasteiger partial charge in [0.2, 0.25) is 5.91 Å². The standard InChI is InChI=1S/C20H21N3O4/c1-21-19(25)15-7-4-6-14(12-15)13-22-18(24)10-5-11-23-16-8-2-3-9-17(16)27-20(23)26/h2-4,6-9,12H,5,10-11,13H2,1H3,(H,21,25)(H,22,24). The number of carbonyl (C=O) groups excluding carboxylic acids is 2.